The van der Waals surface area contributed by atoms with Crippen LogP contribution in [-0.2, 0) is 17.9 Å². The van der Waals surface area contributed by atoms with Crippen LogP contribution in [0.4, 0.5) is 5.69 Å². The van der Waals surface area contributed by atoms with E-state index < -0.39 is 5.56 Å². The first-order valence-electron chi connectivity index (χ1n) is 7.87. The van der Waals surface area contributed by atoms with Gasteiger partial charge in [-0.2, -0.15) is 0 Å². The van der Waals surface area contributed by atoms with E-state index in [1.165, 1.54) is 29.8 Å². The summed E-state index contributed by atoms with van der Waals surface area (Å²) in [5.41, 5.74) is 0.631. The summed E-state index contributed by atoms with van der Waals surface area (Å²) in [7, 11) is 3.04. The normalized spacial score (nSPS) is 10.7. The number of nitrogens with one attached hydrogen (secondary N) is 1. The van der Waals surface area contributed by atoms with Crippen LogP contribution in [0.5, 0.6) is 11.5 Å². The number of anilines is 1. The van der Waals surface area contributed by atoms with E-state index in [0.717, 1.165) is 0 Å². The Hall–Kier alpha value is -3.43. The third kappa shape index (κ3) is 3.21. The van der Waals surface area contributed by atoms with E-state index in [2.05, 4.69) is 20.6 Å². The molecule has 0 saturated heterocycles. The molecule has 0 aliphatic rings. The molecule has 0 atom stereocenters. The van der Waals surface area contributed by atoms with Crippen LogP contribution in [0, 0.1) is 0 Å². The quantitative estimate of drug-likeness (QED) is 0.689. The fraction of sp³-hybridized carbons (Fsp3) is 0.312. The molecule has 3 aromatic rings. The largest absolute Gasteiger partial charge is 0.493 e. The van der Waals surface area contributed by atoms with Crippen molar-refractivity contribution in [2.75, 3.05) is 19.5 Å². The standard InChI is InChI=1S/C16H18N6O4/c1-4-22-15-14(19-20-22)16(24)21(9-17-15)8-13(23)18-10-5-6-11(25-2)12(7-10)26-3/h5-7,9H,4,8H2,1-3H3,(H,18,23). The predicted octanol–water partition coefficient (Wildman–Crippen LogP) is 0.664. The SMILES string of the molecule is CCn1nnc2c(=O)n(CC(=O)Nc3ccc(OC)c(OC)c3)cnc21. The molecule has 0 spiro atoms. The monoisotopic (exact) mass is 358 g/mol. The van der Waals surface area contributed by atoms with Gasteiger partial charge in [0.2, 0.25) is 5.91 Å². The van der Waals surface area contributed by atoms with E-state index in [9.17, 15) is 9.59 Å². The van der Waals surface area contributed by atoms with Crippen molar-refractivity contribution >= 4 is 22.8 Å². The summed E-state index contributed by atoms with van der Waals surface area (Å²) in [5, 5.41) is 10.4. The molecule has 0 saturated carbocycles. The average Bonchev–Trinajstić information content (AvgIpc) is 3.07. The zero-order valence-electron chi connectivity index (χ0n) is 14.6. The Morgan fingerprint density at radius 2 is 2.00 bits per heavy atom. The molecule has 0 fully saturated rings. The first-order valence-corrected chi connectivity index (χ1v) is 7.87. The van der Waals surface area contributed by atoms with Gasteiger partial charge in [-0.25, -0.2) is 9.67 Å². The van der Waals surface area contributed by atoms with Crippen molar-refractivity contribution in [3.63, 3.8) is 0 Å². The van der Waals surface area contributed by atoms with Gasteiger partial charge in [0.05, 0.1) is 14.2 Å². The lowest BCUT2D eigenvalue weighted by atomic mass is 10.2. The summed E-state index contributed by atoms with van der Waals surface area (Å²) >= 11 is 0. The Morgan fingerprint density at radius 3 is 2.69 bits per heavy atom. The van der Waals surface area contributed by atoms with Crippen LogP contribution in [-0.4, -0.2) is 44.7 Å². The fourth-order valence-corrected chi connectivity index (χ4v) is 2.48. The lowest BCUT2D eigenvalue weighted by molar-refractivity contribution is -0.116. The number of aryl methyl sites for hydroxylation is 1. The van der Waals surface area contributed by atoms with E-state index in [4.69, 9.17) is 9.47 Å². The minimum atomic E-state index is -0.419. The topological polar surface area (TPSA) is 113 Å². The Labute approximate surface area is 148 Å². The molecular formula is C16H18N6O4. The van der Waals surface area contributed by atoms with Crippen LogP contribution in [0.25, 0.3) is 11.2 Å². The highest BCUT2D eigenvalue weighted by Gasteiger charge is 2.13. The summed E-state index contributed by atoms with van der Waals surface area (Å²) in [6, 6.07) is 4.99. The summed E-state index contributed by atoms with van der Waals surface area (Å²) in [4.78, 5) is 28.9. The number of benzene rings is 1. The van der Waals surface area contributed by atoms with Crippen molar-refractivity contribution in [2.24, 2.45) is 0 Å². The molecule has 26 heavy (non-hydrogen) atoms. The fourth-order valence-electron chi connectivity index (χ4n) is 2.48. The Morgan fingerprint density at radius 1 is 1.23 bits per heavy atom. The van der Waals surface area contributed by atoms with Crippen molar-refractivity contribution in [1.82, 2.24) is 24.5 Å². The van der Waals surface area contributed by atoms with Crippen LogP contribution in [0.15, 0.2) is 29.3 Å². The number of carbonyl (C=O) groups excluding carboxylic acids is 1. The van der Waals surface area contributed by atoms with Gasteiger partial charge in [0.25, 0.3) is 5.56 Å². The van der Waals surface area contributed by atoms with Gasteiger partial charge in [-0.05, 0) is 19.1 Å². The van der Waals surface area contributed by atoms with E-state index in [-0.39, 0.29) is 18.0 Å². The highest BCUT2D eigenvalue weighted by molar-refractivity contribution is 5.91. The molecule has 3 rings (SSSR count). The molecular weight excluding hydrogens is 340 g/mol. The molecule has 0 bridgehead atoms. The molecule has 10 nitrogen and oxygen atoms in total. The number of aromatic nitrogens is 5. The highest BCUT2D eigenvalue weighted by Crippen LogP contribution is 2.29. The van der Waals surface area contributed by atoms with E-state index in [1.54, 1.807) is 18.2 Å². The number of rotatable bonds is 6. The smallest absolute Gasteiger partial charge is 0.283 e. The number of fused-ring (bicyclic) bond motifs is 1. The Bertz CT molecular complexity index is 1010. The lowest BCUT2D eigenvalue weighted by Crippen LogP contribution is -2.28. The summed E-state index contributed by atoms with van der Waals surface area (Å²) in [5.74, 6) is 0.653. The lowest BCUT2D eigenvalue weighted by Gasteiger charge is -2.11. The van der Waals surface area contributed by atoms with Crippen LogP contribution in [0.2, 0.25) is 0 Å². The van der Waals surface area contributed by atoms with Crippen molar-refractivity contribution < 1.29 is 14.3 Å². The molecule has 2 heterocycles. The minimum Gasteiger partial charge on any atom is -0.493 e. The first-order chi connectivity index (χ1) is 12.6. The molecule has 1 amide bonds. The number of ether oxygens (including phenoxy) is 2. The number of hydrogen-bond acceptors (Lipinski definition) is 7. The highest BCUT2D eigenvalue weighted by atomic mass is 16.5. The van der Waals surface area contributed by atoms with E-state index >= 15 is 0 Å². The van der Waals surface area contributed by atoms with Crippen LogP contribution in [0.1, 0.15) is 6.92 Å². The zero-order chi connectivity index (χ0) is 18.7. The molecule has 0 aliphatic carbocycles. The molecule has 0 radical (unpaired) electrons. The Kier molecular flexibility index (Phi) is 4.83. The third-order valence-electron chi connectivity index (χ3n) is 3.77. The third-order valence-corrected chi connectivity index (χ3v) is 3.77. The van der Waals surface area contributed by atoms with Crippen LogP contribution < -0.4 is 20.3 Å². The maximum atomic E-state index is 12.4. The average molecular weight is 358 g/mol. The van der Waals surface area contributed by atoms with Crippen molar-refractivity contribution in [1.29, 1.82) is 0 Å². The molecule has 2 aromatic heterocycles. The van der Waals surface area contributed by atoms with E-state index in [1.807, 2.05) is 6.92 Å². The summed E-state index contributed by atoms with van der Waals surface area (Å²) in [6.07, 6.45) is 1.31. The first kappa shape index (κ1) is 17.4. The second kappa shape index (κ2) is 7.21. The summed E-state index contributed by atoms with van der Waals surface area (Å²) < 4.78 is 13.1. The van der Waals surface area contributed by atoms with Crippen LogP contribution >= 0.6 is 0 Å². The second-order valence-electron chi connectivity index (χ2n) is 5.37. The number of amides is 1. The van der Waals surface area contributed by atoms with Gasteiger partial charge in [-0.3, -0.25) is 14.2 Å². The predicted molar refractivity (Wildman–Crippen MR) is 93.4 cm³/mol. The number of methoxy groups -OCH3 is 2. The molecule has 0 unspecified atom stereocenters. The van der Waals surface area contributed by atoms with Crippen molar-refractivity contribution in [3.8, 4) is 11.5 Å². The van der Waals surface area contributed by atoms with E-state index in [0.29, 0.717) is 29.4 Å². The molecule has 1 N–H and O–H groups in total. The maximum absolute atomic E-state index is 12.4. The number of hydrogen-bond donors (Lipinski definition) is 1. The van der Waals surface area contributed by atoms with Crippen LogP contribution in [0.3, 0.4) is 0 Å². The van der Waals surface area contributed by atoms with Gasteiger partial charge in [0, 0.05) is 18.3 Å². The molecule has 136 valence electrons. The second-order valence-corrected chi connectivity index (χ2v) is 5.37. The molecule has 1 aromatic carbocycles. The molecule has 0 aliphatic heterocycles. The molecule has 10 heteroatoms. The number of carbonyl (C=O) groups is 1. The zero-order valence-corrected chi connectivity index (χ0v) is 14.6. The Balaban J connectivity index is 1.79. The van der Waals surface area contributed by atoms with Gasteiger partial charge in [0.15, 0.2) is 22.7 Å². The van der Waals surface area contributed by atoms with Crippen molar-refractivity contribution in [3.05, 3.63) is 34.9 Å². The number of nitrogens with zero attached hydrogens (tertiary/aromatic N) is 5. The summed E-state index contributed by atoms with van der Waals surface area (Å²) in [6.45, 7) is 2.22. The maximum Gasteiger partial charge on any atom is 0.283 e. The van der Waals surface area contributed by atoms with Gasteiger partial charge >= 0.3 is 0 Å². The van der Waals surface area contributed by atoms with Gasteiger partial charge in [-0.1, -0.05) is 5.21 Å². The van der Waals surface area contributed by atoms with Gasteiger partial charge < -0.3 is 14.8 Å². The van der Waals surface area contributed by atoms with Crippen molar-refractivity contribution in [2.45, 2.75) is 20.0 Å². The van der Waals surface area contributed by atoms with Gasteiger partial charge in [0.1, 0.15) is 12.9 Å². The van der Waals surface area contributed by atoms with Gasteiger partial charge in [-0.15, -0.1) is 5.10 Å². The minimum absolute atomic E-state index is 0.133.